The first-order chi connectivity index (χ1) is 7.54. The van der Waals surface area contributed by atoms with E-state index in [1.54, 1.807) is 18.2 Å². The van der Waals surface area contributed by atoms with E-state index >= 15 is 0 Å². The van der Waals surface area contributed by atoms with Crippen LogP contribution in [0.25, 0.3) is 0 Å². The number of ether oxygens (including phenoxy) is 2. The number of nitrogens with two attached hydrogens (primary N) is 1. The molecule has 0 saturated heterocycles. The van der Waals surface area contributed by atoms with Crippen LogP contribution in [-0.4, -0.2) is 19.0 Å². The average molecular weight is 223 g/mol. The van der Waals surface area contributed by atoms with Crippen molar-refractivity contribution in [1.82, 2.24) is 0 Å². The Kier molecular flexibility index (Phi) is 4.02. The molecular formula is C11H13NO4. The minimum absolute atomic E-state index is 0.351. The van der Waals surface area contributed by atoms with Crippen molar-refractivity contribution in [1.29, 1.82) is 0 Å². The van der Waals surface area contributed by atoms with E-state index in [1.165, 1.54) is 20.1 Å². The standard InChI is InChI=1S/C11H13NO4/c1-7(13)16-9-5-3-4-8(6-9)10(12)11(14)15-2/h3-6,10H,12H2,1-2H3/t10-/m1/s1. The van der Waals surface area contributed by atoms with Crippen molar-refractivity contribution in [3.05, 3.63) is 29.8 Å². The van der Waals surface area contributed by atoms with Gasteiger partial charge in [-0.3, -0.25) is 9.59 Å². The summed E-state index contributed by atoms with van der Waals surface area (Å²) in [5.41, 5.74) is 6.17. The molecule has 0 aliphatic carbocycles. The van der Waals surface area contributed by atoms with Gasteiger partial charge in [0.15, 0.2) is 0 Å². The molecule has 0 aliphatic heterocycles. The van der Waals surface area contributed by atoms with E-state index in [1.807, 2.05) is 0 Å². The topological polar surface area (TPSA) is 78.6 Å². The SMILES string of the molecule is COC(=O)[C@H](N)c1cccc(OC(C)=O)c1. The average Bonchev–Trinajstić information content (AvgIpc) is 2.26. The second kappa shape index (κ2) is 5.27. The number of carbonyl (C=O) groups is 2. The van der Waals surface area contributed by atoms with Gasteiger partial charge in [0.25, 0.3) is 0 Å². The summed E-state index contributed by atoms with van der Waals surface area (Å²) in [4.78, 5) is 21.9. The molecule has 0 saturated carbocycles. The van der Waals surface area contributed by atoms with Gasteiger partial charge >= 0.3 is 11.9 Å². The molecule has 0 heterocycles. The molecule has 5 nitrogen and oxygen atoms in total. The van der Waals surface area contributed by atoms with Crippen molar-refractivity contribution in [2.75, 3.05) is 7.11 Å². The number of methoxy groups -OCH3 is 1. The molecule has 0 unspecified atom stereocenters. The smallest absolute Gasteiger partial charge is 0.327 e. The lowest BCUT2D eigenvalue weighted by Gasteiger charge is -2.10. The molecular weight excluding hydrogens is 210 g/mol. The molecule has 1 aromatic carbocycles. The van der Waals surface area contributed by atoms with Crippen LogP contribution in [0.5, 0.6) is 5.75 Å². The van der Waals surface area contributed by atoms with Gasteiger partial charge in [0.05, 0.1) is 7.11 Å². The van der Waals surface area contributed by atoms with Crippen LogP contribution in [0.3, 0.4) is 0 Å². The highest BCUT2D eigenvalue weighted by molar-refractivity contribution is 5.77. The molecule has 0 radical (unpaired) electrons. The Hall–Kier alpha value is -1.88. The summed E-state index contributed by atoms with van der Waals surface area (Å²) >= 11 is 0. The third kappa shape index (κ3) is 3.06. The zero-order valence-electron chi connectivity index (χ0n) is 9.10. The van der Waals surface area contributed by atoms with Crippen LogP contribution in [0.1, 0.15) is 18.5 Å². The lowest BCUT2D eigenvalue weighted by atomic mass is 10.1. The zero-order chi connectivity index (χ0) is 12.1. The number of hydrogen-bond acceptors (Lipinski definition) is 5. The molecule has 1 atom stereocenters. The maximum atomic E-state index is 11.2. The summed E-state index contributed by atoms with van der Waals surface area (Å²) in [6, 6.07) is 5.57. The molecule has 0 spiro atoms. The maximum Gasteiger partial charge on any atom is 0.327 e. The van der Waals surface area contributed by atoms with Gasteiger partial charge in [0.2, 0.25) is 0 Å². The summed E-state index contributed by atoms with van der Waals surface area (Å²) in [5.74, 6) is -0.617. The molecule has 0 fully saturated rings. The van der Waals surface area contributed by atoms with Gasteiger partial charge in [0.1, 0.15) is 11.8 Å². The molecule has 1 aromatic rings. The minimum atomic E-state index is -0.875. The van der Waals surface area contributed by atoms with Crippen molar-refractivity contribution < 1.29 is 19.1 Å². The molecule has 2 N–H and O–H groups in total. The summed E-state index contributed by atoms with van der Waals surface area (Å²) < 4.78 is 9.39. The van der Waals surface area contributed by atoms with E-state index in [-0.39, 0.29) is 0 Å². The lowest BCUT2D eigenvalue weighted by molar-refractivity contribution is -0.142. The fourth-order valence-electron chi connectivity index (χ4n) is 1.20. The molecule has 0 aliphatic rings. The van der Waals surface area contributed by atoms with Crippen molar-refractivity contribution in [2.24, 2.45) is 5.73 Å². The van der Waals surface area contributed by atoms with E-state index < -0.39 is 18.0 Å². The Morgan fingerprint density at radius 1 is 1.38 bits per heavy atom. The summed E-state index contributed by atoms with van der Waals surface area (Å²) in [6.45, 7) is 1.30. The first kappa shape index (κ1) is 12.2. The molecule has 5 heteroatoms. The monoisotopic (exact) mass is 223 g/mol. The van der Waals surface area contributed by atoms with E-state index in [0.717, 1.165) is 0 Å². The molecule has 0 bridgehead atoms. The molecule has 86 valence electrons. The van der Waals surface area contributed by atoms with Gasteiger partial charge < -0.3 is 15.2 Å². The van der Waals surface area contributed by atoms with E-state index in [9.17, 15) is 9.59 Å². The van der Waals surface area contributed by atoms with Crippen LogP contribution in [0.4, 0.5) is 0 Å². The fraction of sp³-hybridized carbons (Fsp3) is 0.273. The van der Waals surface area contributed by atoms with Gasteiger partial charge in [0, 0.05) is 6.92 Å². The van der Waals surface area contributed by atoms with Gasteiger partial charge in [-0.25, -0.2) is 0 Å². The van der Waals surface area contributed by atoms with Gasteiger partial charge in [-0.15, -0.1) is 0 Å². The van der Waals surface area contributed by atoms with Gasteiger partial charge in [-0.1, -0.05) is 12.1 Å². The number of carbonyl (C=O) groups excluding carboxylic acids is 2. The van der Waals surface area contributed by atoms with Crippen molar-refractivity contribution >= 4 is 11.9 Å². The molecule has 0 amide bonds. The highest BCUT2D eigenvalue weighted by Crippen LogP contribution is 2.18. The van der Waals surface area contributed by atoms with Crippen molar-refractivity contribution in [2.45, 2.75) is 13.0 Å². The van der Waals surface area contributed by atoms with E-state index in [0.29, 0.717) is 11.3 Å². The quantitative estimate of drug-likeness (QED) is 0.605. The summed E-state index contributed by atoms with van der Waals surface area (Å²) in [5, 5.41) is 0. The fourth-order valence-corrected chi connectivity index (χ4v) is 1.20. The Balaban J connectivity index is 2.89. The van der Waals surface area contributed by atoms with Crippen LogP contribution >= 0.6 is 0 Å². The first-order valence-electron chi connectivity index (χ1n) is 4.66. The number of benzene rings is 1. The molecule has 16 heavy (non-hydrogen) atoms. The van der Waals surface area contributed by atoms with Crippen molar-refractivity contribution in [3.8, 4) is 5.75 Å². The Bertz CT molecular complexity index is 403. The second-order valence-electron chi connectivity index (χ2n) is 3.17. The predicted molar refractivity (Wildman–Crippen MR) is 56.7 cm³/mol. The summed E-state index contributed by atoms with van der Waals surface area (Å²) in [6.07, 6.45) is 0. The van der Waals surface area contributed by atoms with Gasteiger partial charge in [-0.05, 0) is 17.7 Å². The Morgan fingerprint density at radius 3 is 2.62 bits per heavy atom. The lowest BCUT2D eigenvalue weighted by Crippen LogP contribution is -2.22. The van der Waals surface area contributed by atoms with Crippen LogP contribution in [0.2, 0.25) is 0 Å². The number of esters is 2. The normalized spacial score (nSPS) is 11.7. The van der Waals surface area contributed by atoms with Crippen LogP contribution in [-0.2, 0) is 14.3 Å². The molecule has 0 aromatic heterocycles. The highest BCUT2D eigenvalue weighted by Gasteiger charge is 2.16. The predicted octanol–water partition coefficient (Wildman–Crippen LogP) is 0.785. The highest BCUT2D eigenvalue weighted by atomic mass is 16.5. The van der Waals surface area contributed by atoms with E-state index in [4.69, 9.17) is 10.5 Å². The van der Waals surface area contributed by atoms with Crippen LogP contribution < -0.4 is 10.5 Å². The second-order valence-corrected chi connectivity index (χ2v) is 3.17. The zero-order valence-corrected chi connectivity index (χ0v) is 9.10. The summed E-state index contributed by atoms with van der Waals surface area (Å²) in [7, 11) is 1.26. The van der Waals surface area contributed by atoms with E-state index in [2.05, 4.69) is 4.74 Å². The number of hydrogen-bond donors (Lipinski definition) is 1. The Morgan fingerprint density at radius 2 is 2.06 bits per heavy atom. The molecule has 1 rings (SSSR count). The van der Waals surface area contributed by atoms with Crippen LogP contribution in [0, 0.1) is 0 Å². The van der Waals surface area contributed by atoms with Gasteiger partial charge in [-0.2, -0.15) is 0 Å². The first-order valence-corrected chi connectivity index (χ1v) is 4.66. The third-order valence-corrected chi connectivity index (χ3v) is 1.93. The largest absolute Gasteiger partial charge is 0.468 e. The Labute approximate surface area is 93.1 Å². The maximum absolute atomic E-state index is 11.2. The number of rotatable bonds is 3. The van der Waals surface area contributed by atoms with Crippen LogP contribution in [0.15, 0.2) is 24.3 Å². The third-order valence-electron chi connectivity index (χ3n) is 1.93. The van der Waals surface area contributed by atoms with Crippen molar-refractivity contribution in [3.63, 3.8) is 0 Å². The minimum Gasteiger partial charge on any atom is -0.468 e.